The number of hydrogen-bond donors (Lipinski definition) is 3. The Kier molecular flexibility index (Phi) is 4.82. The van der Waals surface area contributed by atoms with Gasteiger partial charge in [0.2, 0.25) is 11.1 Å². The summed E-state index contributed by atoms with van der Waals surface area (Å²) in [7, 11) is 0. The van der Waals surface area contributed by atoms with Crippen molar-refractivity contribution in [3.05, 3.63) is 76.5 Å². The number of H-pyrrole nitrogens is 1. The number of aliphatic hydroxyl groups excluding tert-OH is 2. The predicted molar refractivity (Wildman–Crippen MR) is 107 cm³/mol. The number of halogens is 1. The fourth-order valence-electron chi connectivity index (χ4n) is 3.27. The fraction of sp³-hybridized carbons (Fsp3) is 0.158. The number of aromatic amines is 1. The molecule has 0 unspecified atom stereocenters. The molecule has 3 aromatic rings. The van der Waals surface area contributed by atoms with E-state index >= 15 is 0 Å². The van der Waals surface area contributed by atoms with Gasteiger partial charge >= 0.3 is 0 Å². The van der Waals surface area contributed by atoms with Gasteiger partial charge in [-0.1, -0.05) is 65.8 Å². The number of thioether (sulfide) groups is 1. The van der Waals surface area contributed by atoms with Gasteiger partial charge in [-0.15, -0.1) is 5.10 Å². The lowest BCUT2D eigenvalue weighted by Crippen LogP contribution is -2.35. The second-order valence-corrected chi connectivity index (χ2v) is 7.26. The van der Waals surface area contributed by atoms with Crippen molar-refractivity contribution < 1.29 is 10.2 Å². The van der Waals surface area contributed by atoms with Crippen LogP contribution < -0.4 is 4.90 Å². The first-order chi connectivity index (χ1) is 13.1. The van der Waals surface area contributed by atoms with E-state index in [4.69, 9.17) is 11.6 Å². The van der Waals surface area contributed by atoms with Gasteiger partial charge in [-0.2, -0.15) is 4.98 Å². The summed E-state index contributed by atoms with van der Waals surface area (Å²) < 4.78 is 0. The van der Waals surface area contributed by atoms with E-state index in [1.165, 1.54) is 11.8 Å². The Balaban J connectivity index is 1.87. The summed E-state index contributed by atoms with van der Waals surface area (Å²) in [6.45, 7) is 0. The lowest BCUT2D eigenvalue weighted by atomic mass is 9.94. The third-order valence-corrected chi connectivity index (χ3v) is 5.29. The van der Waals surface area contributed by atoms with Gasteiger partial charge in [0.25, 0.3) is 0 Å². The average molecular weight is 401 g/mol. The molecule has 4 rings (SSSR count). The van der Waals surface area contributed by atoms with Gasteiger partial charge in [0.1, 0.15) is 5.76 Å². The van der Waals surface area contributed by atoms with Gasteiger partial charge < -0.3 is 10.2 Å². The van der Waals surface area contributed by atoms with Crippen LogP contribution in [0.1, 0.15) is 17.2 Å². The lowest BCUT2D eigenvalue weighted by molar-refractivity contribution is 0.156. The Bertz CT molecular complexity index is 975. The predicted octanol–water partition coefficient (Wildman–Crippen LogP) is 4.03. The van der Waals surface area contributed by atoms with Crippen LogP contribution in [0.4, 0.5) is 5.95 Å². The van der Waals surface area contributed by atoms with Crippen molar-refractivity contribution in [2.75, 3.05) is 11.2 Å². The molecule has 2 heterocycles. The summed E-state index contributed by atoms with van der Waals surface area (Å²) in [5, 5.41) is 29.7. The summed E-state index contributed by atoms with van der Waals surface area (Å²) in [4.78, 5) is 6.03. The normalized spacial score (nSPS) is 19.7. The van der Waals surface area contributed by atoms with Crippen molar-refractivity contribution in [3.63, 3.8) is 0 Å². The molecule has 0 spiro atoms. The van der Waals surface area contributed by atoms with Crippen LogP contribution in [0, 0.1) is 0 Å². The standard InChI is InChI=1S/C19H17ClN4O2S/c1-27-19-21-18(22-23-19)24-15(12-7-9-13(20)10-8-12)14(16(25)17(24)26)11-5-3-2-4-6-11/h2-10,15,17,25-26H,1H3,(H,21,22,23)/t15-,17-/m1/s1. The largest absolute Gasteiger partial charge is 0.507 e. The van der Waals surface area contributed by atoms with Crippen LogP contribution >= 0.6 is 23.4 Å². The van der Waals surface area contributed by atoms with Gasteiger partial charge in [0, 0.05) is 10.6 Å². The maximum atomic E-state index is 10.8. The molecule has 1 aromatic heterocycles. The summed E-state index contributed by atoms with van der Waals surface area (Å²) in [6.07, 6.45) is 0.623. The van der Waals surface area contributed by atoms with E-state index < -0.39 is 12.3 Å². The highest BCUT2D eigenvalue weighted by molar-refractivity contribution is 7.98. The fourth-order valence-corrected chi connectivity index (χ4v) is 3.71. The molecule has 0 fully saturated rings. The van der Waals surface area contributed by atoms with Crippen LogP contribution in [0.2, 0.25) is 5.02 Å². The Hall–Kier alpha value is -2.48. The number of aromatic nitrogens is 3. The number of nitrogens with zero attached hydrogens (tertiary/aromatic N) is 3. The van der Waals surface area contributed by atoms with Crippen LogP contribution in [0.25, 0.3) is 5.57 Å². The quantitative estimate of drug-likeness (QED) is 0.573. The average Bonchev–Trinajstić information content (AvgIpc) is 3.26. The zero-order valence-corrected chi connectivity index (χ0v) is 15.9. The highest BCUT2D eigenvalue weighted by Crippen LogP contribution is 2.46. The molecular formula is C19H17ClN4O2S. The van der Waals surface area contributed by atoms with Gasteiger partial charge in [-0.3, -0.25) is 4.90 Å². The van der Waals surface area contributed by atoms with Gasteiger partial charge in [-0.25, -0.2) is 5.10 Å². The first-order valence-corrected chi connectivity index (χ1v) is 9.87. The number of aliphatic hydroxyl groups is 2. The van der Waals surface area contributed by atoms with Crippen molar-refractivity contribution in [2.45, 2.75) is 17.4 Å². The monoisotopic (exact) mass is 400 g/mol. The zero-order valence-electron chi connectivity index (χ0n) is 14.4. The second kappa shape index (κ2) is 7.26. The van der Waals surface area contributed by atoms with E-state index in [1.54, 1.807) is 17.0 Å². The van der Waals surface area contributed by atoms with E-state index in [0.29, 0.717) is 21.7 Å². The zero-order chi connectivity index (χ0) is 19.0. The summed E-state index contributed by atoms with van der Waals surface area (Å²) in [6, 6.07) is 16.4. The minimum Gasteiger partial charge on any atom is -0.507 e. The highest BCUT2D eigenvalue weighted by atomic mass is 35.5. The van der Waals surface area contributed by atoms with Crippen molar-refractivity contribution in [2.24, 2.45) is 0 Å². The van der Waals surface area contributed by atoms with Crippen LogP contribution in [0.15, 0.2) is 65.5 Å². The molecule has 8 heteroatoms. The summed E-state index contributed by atoms with van der Waals surface area (Å²) in [5.41, 5.74) is 2.30. The van der Waals surface area contributed by atoms with E-state index in [2.05, 4.69) is 15.2 Å². The van der Waals surface area contributed by atoms with Crippen LogP contribution in [-0.4, -0.2) is 37.9 Å². The first-order valence-electron chi connectivity index (χ1n) is 8.27. The number of hydrogen-bond acceptors (Lipinski definition) is 6. The molecule has 0 bridgehead atoms. The van der Waals surface area contributed by atoms with Gasteiger partial charge in [0.15, 0.2) is 6.23 Å². The molecule has 6 nitrogen and oxygen atoms in total. The second-order valence-electron chi connectivity index (χ2n) is 6.05. The molecule has 138 valence electrons. The van der Waals surface area contributed by atoms with Gasteiger partial charge in [0.05, 0.1) is 6.04 Å². The maximum Gasteiger partial charge on any atom is 0.225 e. The molecule has 27 heavy (non-hydrogen) atoms. The van der Waals surface area contributed by atoms with Crippen molar-refractivity contribution >= 4 is 34.9 Å². The Morgan fingerprint density at radius 2 is 1.81 bits per heavy atom. The third kappa shape index (κ3) is 3.18. The molecular weight excluding hydrogens is 384 g/mol. The van der Waals surface area contributed by atoms with Crippen LogP contribution in [0.3, 0.4) is 0 Å². The maximum absolute atomic E-state index is 10.8. The molecule has 1 aliphatic heterocycles. The van der Waals surface area contributed by atoms with E-state index in [1.807, 2.05) is 48.7 Å². The molecule has 0 saturated carbocycles. The smallest absolute Gasteiger partial charge is 0.225 e. The minimum atomic E-state index is -1.25. The molecule has 0 radical (unpaired) electrons. The molecule has 2 atom stereocenters. The minimum absolute atomic E-state index is 0.108. The van der Waals surface area contributed by atoms with Crippen LogP contribution in [-0.2, 0) is 0 Å². The Labute approximate surface area is 165 Å². The summed E-state index contributed by atoms with van der Waals surface area (Å²) >= 11 is 7.44. The van der Waals surface area contributed by atoms with E-state index in [0.717, 1.165) is 11.1 Å². The Morgan fingerprint density at radius 3 is 2.44 bits per heavy atom. The molecule has 0 amide bonds. The SMILES string of the molecule is CSc1n[nH]c(N2[C@H](O)C(O)=C(c3ccccc3)[C@H]2c2ccc(Cl)cc2)n1. The van der Waals surface area contributed by atoms with Crippen molar-refractivity contribution in [1.82, 2.24) is 15.2 Å². The molecule has 1 aliphatic rings. The third-order valence-electron chi connectivity index (χ3n) is 4.49. The van der Waals surface area contributed by atoms with E-state index in [9.17, 15) is 10.2 Å². The molecule has 0 saturated heterocycles. The van der Waals surface area contributed by atoms with Gasteiger partial charge in [-0.05, 0) is 29.5 Å². The molecule has 2 aromatic carbocycles. The molecule has 3 N–H and O–H groups in total. The van der Waals surface area contributed by atoms with E-state index in [-0.39, 0.29) is 5.76 Å². The first kappa shape index (κ1) is 17.9. The van der Waals surface area contributed by atoms with Crippen molar-refractivity contribution in [3.8, 4) is 0 Å². The number of benzene rings is 2. The Morgan fingerprint density at radius 1 is 1.11 bits per heavy atom. The topological polar surface area (TPSA) is 85.3 Å². The van der Waals surface area contributed by atoms with Crippen LogP contribution in [0.5, 0.6) is 0 Å². The highest BCUT2D eigenvalue weighted by Gasteiger charge is 2.43. The lowest BCUT2D eigenvalue weighted by Gasteiger charge is -2.28. The number of anilines is 1. The van der Waals surface area contributed by atoms with Crippen molar-refractivity contribution in [1.29, 1.82) is 0 Å². The summed E-state index contributed by atoms with van der Waals surface area (Å²) in [5.74, 6) is 0.271. The number of nitrogens with one attached hydrogen (secondary N) is 1. The number of rotatable bonds is 4. The molecule has 0 aliphatic carbocycles.